The van der Waals surface area contributed by atoms with Gasteiger partial charge in [0, 0.05) is 16.1 Å². The second-order valence-corrected chi connectivity index (χ2v) is 6.09. The molecule has 0 bridgehead atoms. The molecule has 0 saturated heterocycles. The van der Waals surface area contributed by atoms with E-state index in [2.05, 4.69) is 15.9 Å². The van der Waals surface area contributed by atoms with Gasteiger partial charge in [-0.1, -0.05) is 50.7 Å². The number of benzene rings is 2. The van der Waals surface area contributed by atoms with Crippen molar-refractivity contribution < 1.29 is 4.74 Å². The maximum atomic E-state index is 6.07. The van der Waals surface area contributed by atoms with Crippen LogP contribution in [0.1, 0.15) is 5.56 Å². The number of hydrogen-bond acceptors (Lipinski definition) is 1. The average molecular weight is 401 g/mol. The predicted molar refractivity (Wildman–Crippen MR) is 85.2 cm³/mol. The van der Waals surface area contributed by atoms with E-state index in [0.717, 1.165) is 10.0 Å². The summed E-state index contributed by atoms with van der Waals surface area (Å²) < 4.78 is 6.67. The Morgan fingerprint density at radius 3 is 2.26 bits per heavy atom. The third-order valence-electron chi connectivity index (χ3n) is 2.36. The van der Waals surface area contributed by atoms with Gasteiger partial charge in [-0.25, -0.2) is 0 Å². The lowest BCUT2D eigenvalue weighted by atomic mass is 10.2. The third kappa shape index (κ3) is 3.71. The molecule has 0 atom stereocenters. The first-order valence-electron chi connectivity index (χ1n) is 5.18. The van der Waals surface area contributed by atoms with Crippen LogP contribution >= 0.6 is 62.3 Å². The fourth-order valence-electron chi connectivity index (χ4n) is 1.45. The van der Waals surface area contributed by atoms with Crippen LogP contribution in [0.5, 0.6) is 11.5 Å². The number of ether oxygens (including phenoxy) is 1. The Bertz CT molecular complexity index is 616. The second-order valence-electron chi connectivity index (χ2n) is 3.68. The molecule has 19 heavy (non-hydrogen) atoms. The van der Waals surface area contributed by atoms with Gasteiger partial charge in [-0.15, -0.1) is 11.6 Å². The standard InChI is InChI=1S/C13H7BrCl4O/c14-8-1-2-12(7(3-8)6-15)19-13-5-10(17)9(16)4-11(13)18/h1-5H,6H2. The van der Waals surface area contributed by atoms with E-state index in [-0.39, 0.29) is 0 Å². The van der Waals surface area contributed by atoms with Crippen molar-refractivity contribution in [2.24, 2.45) is 0 Å². The molecule has 0 aliphatic heterocycles. The lowest BCUT2D eigenvalue weighted by molar-refractivity contribution is 0.478. The van der Waals surface area contributed by atoms with Gasteiger partial charge in [0.25, 0.3) is 0 Å². The quantitative estimate of drug-likeness (QED) is 0.400. The number of halogens is 5. The normalized spacial score (nSPS) is 10.6. The van der Waals surface area contributed by atoms with Gasteiger partial charge < -0.3 is 4.74 Å². The summed E-state index contributed by atoms with van der Waals surface area (Å²) >= 11 is 27.1. The highest BCUT2D eigenvalue weighted by Gasteiger charge is 2.11. The van der Waals surface area contributed by atoms with Crippen molar-refractivity contribution >= 4 is 62.3 Å². The summed E-state index contributed by atoms with van der Waals surface area (Å²) in [7, 11) is 0. The first-order chi connectivity index (χ1) is 9.01. The molecular weight excluding hydrogens is 394 g/mol. The molecule has 0 saturated carbocycles. The van der Waals surface area contributed by atoms with Gasteiger partial charge in [-0.3, -0.25) is 0 Å². The fraction of sp³-hybridized carbons (Fsp3) is 0.0769. The van der Waals surface area contributed by atoms with E-state index < -0.39 is 0 Å². The first-order valence-corrected chi connectivity index (χ1v) is 7.64. The molecule has 6 heteroatoms. The molecule has 0 N–H and O–H groups in total. The third-order valence-corrected chi connectivity index (χ3v) is 4.16. The molecule has 0 unspecified atom stereocenters. The van der Waals surface area contributed by atoms with Crippen LogP contribution in [0.2, 0.25) is 15.1 Å². The van der Waals surface area contributed by atoms with Gasteiger partial charge in [-0.2, -0.15) is 0 Å². The zero-order valence-corrected chi connectivity index (χ0v) is 14.0. The Labute approximate surface area is 139 Å². The highest BCUT2D eigenvalue weighted by molar-refractivity contribution is 9.10. The Hall–Kier alpha value is -0.120. The topological polar surface area (TPSA) is 9.23 Å². The van der Waals surface area contributed by atoms with Crippen molar-refractivity contribution in [1.29, 1.82) is 0 Å². The highest BCUT2D eigenvalue weighted by atomic mass is 79.9. The van der Waals surface area contributed by atoms with Gasteiger partial charge in [0.1, 0.15) is 11.5 Å². The van der Waals surface area contributed by atoms with Gasteiger partial charge in [0.05, 0.1) is 20.9 Å². The van der Waals surface area contributed by atoms with Gasteiger partial charge in [0.2, 0.25) is 0 Å². The monoisotopic (exact) mass is 398 g/mol. The molecule has 0 amide bonds. The molecule has 0 heterocycles. The second kappa shape index (κ2) is 6.55. The SMILES string of the molecule is ClCc1cc(Br)ccc1Oc1cc(Cl)c(Cl)cc1Cl. The zero-order valence-electron chi connectivity index (χ0n) is 9.39. The van der Waals surface area contributed by atoms with E-state index in [4.69, 9.17) is 51.1 Å². The van der Waals surface area contributed by atoms with Crippen LogP contribution in [0, 0.1) is 0 Å². The van der Waals surface area contributed by atoms with Crippen LogP contribution in [-0.2, 0) is 5.88 Å². The minimum Gasteiger partial charge on any atom is -0.455 e. The van der Waals surface area contributed by atoms with E-state index in [1.807, 2.05) is 12.1 Å². The van der Waals surface area contributed by atoms with E-state index >= 15 is 0 Å². The van der Waals surface area contributed by atoms with Crippen molar-refractivity contribution in [2.45, 2.75) is 5.88 Å². The van der Waals surface area contributed by atoms with Crippen molar-refractivity contribution in [3.8, 4) is 11.5 Å². The minimum absolute atomic E-state index is 0.327. The lowest BCUT2D eigenvalue weighted by Crippen LogP contribution is -1.91. The average Bonchev–Trinajstić information content (AvgIpc) is 2.37. The summed E-state index contributed by atoms with van der Waals surface area (Å²) in [6, 6.07) is 8.66. The summed E-state index contributed by atoms with van der Waals surface area (Å²) in [5, 5.41) is 1.15. The summed E-state index contributed by atoms with van der Waals surface area (Å²) in [6.45, 7) is 0. The minimum atomic E-state index is 0.327. The number of alkyl halides is 1. The van der Waals surface area contributed by atoms with E-state index in [9.17, 15) is 0 Å². The van der Waals surface area contributed by atoms with E-state index in [1.54, 1.807) is 18.2 Å². The maximum absolute atomic E-state index is 6.07. The Morgan fingerprint density at radius 1 is 0.895 bits per heavy atom. The highest BCUT2D eigenvalue weighted by Crippen LogP contribution is 2.37. The van der Waals surface area contributed by atoms with Crippen molar-refractivity contribution in [2.75, 3.05) is 0 Å². The van der Waals surface area contributed by atoms with Gasteiger partial charge >= 0.3 is 0 Å². The summed E-state index contributed by atoms with van der Waals surface area (Å²) in [4.78, 5) is 0. The smallest absolute Gasteiger partial charge is 0.147 e. The van der Waals surface area contributed by atoms with Crippen LogP contribution in [-0.4, -0.2) is 0 Å². The Morgan fingerprint density at radius 2 is 1.58 bits per heavy atom. The molecule has 100 valence electrons. The van der Waals surface area contributed by atoms with E-state index in [1.165, 1.54) is 0 Å². The van der Waals surface area contributed by atoms with Crippen LogP contribution < -0.4 is 4.74 Å². The molecular formula is C13H7BrCl4O. The molecule has 0 spiro atoms. The molecule has 0 fully saturated rings. The van der Waals surface area contributed by atoms with Crippen LogP contribution in [0.15, 0.2) is 34.8 Å². The fourth-order valence-corrected chi connectivity index (χ4v) is 2.65. The predicted octanol–water partition coefficient (Wildman–Crippen LogP) is 6.94. The summed E-state index contributed by atoms with van der Waals surface area (Å²) in [5.74, 6) is 1.39. The van der Waals surface area contributed by atoms with Crippen molar-refractivity contribution in [3.05, 3.63) is 55.4 Å². The summed E-state index contributed by atoms with van der Waals surface area (Å²) in [5.41, 5.74) is 0.846. The van der Waals surface area contributed by atoms with Gasteiger partial charge in [0.15, 0.2) is 0 Å². The Balaban J connectivity index is 2.39. The van der Waals surface area contributed by atoms with Crippen LogP contribution in [0.25, 0.3) is 0 Å². The summed E-state index contributed by atoms with van der Waals surface area (Å²) in [6.07, 6.45) is 0. The Kier molecular flexibility index (Phi) is 5.27. The molecule has 0 aromatic heterocycles. The van der Waals surface area contributed by atoms with Gasteiger partial charge in [-0.05, 0) is 24.3 Å². The lowest BCUT2D eigenvalue weighted by Gasteiger charge is -2.12. The van der Waals surface area contributed by atoms with Crippen LogP contribution in [0.3, 0.4) is 0 Å². The van der Waals surface area contributed by atoms with E-state index in [0.29, 0.717) is 32.4 Å². The molecule has 0 aliphatic carbocycles. The molecule has 2 rings (SSSR count). The number of hydrogen-bond donors (Lipinski definition) is 0. The van der Waals surface area contributed by atoms with Crippen molar-refractivity contribution in [1.82, 2.24) is 0 Å². The molecule has 0 radical (unpaired) electrons. The van der Waals surface area contributed by atoms with Crippen molar-refractivity contribution in [3.63, 3.8) is 0 Å². The van der Waals surface area contributed by atoms with Crippen LogP contribution in [0.4, 0.5) is 0 Å². The molecule has 2 aromatic rings. The molecule has 2 aromatic carbocycles. The first kappa shape index (κ1) is 15.3. The largest absolute Gasteiger partial charge is 0.455 e. The number of rotatable bonds is 3. The molecule has 1 nitrogen and oxygen atoms in total. The molecule has 0 aliphatic rings. The zero-order chi connectivity index (χ0) is 14.0. The maximum Gasteiger partial charge on any atom is 0.147 e.